The third kappa shape index (κ3) is 5.48. The quantitative estimate of drug-likeness (QED) is 0.394. The lowest BCUT2D eigenvalue weighted by atomic mass is 10.2. The number of nitrogens with zero attached hydrogens (tertiary/aromatic N) is 2. The van der Waals surface area contributed by atoms with Crippen molar-refractivity contribution in [3.8, 4) is 5.75 Å². The van der Waals surface area contributed by atoms with Crippen LogP contribution in [0.1, 0.15) is 21.6 Å². The van der Waals surface area contributed by atoms with Crippen molar-refractivity contribution >= 4 is 44.0 Å². The van der Waals surface area contributed by atoms with E-state index in [0.29, 0.717) is 18.1 Å². The number of pyridine rings is 1. The number of aromatic nitrogens is 1. The number of benzene rings is 2. The van der Waals surface area contributed by atoms with E-state index in [1.807, 2.05) is 42.5 Å². The highest BCUT2D eigenvalue weighted by atomic mass is 79.9. The zero-order chi connectivity index (χ0) is 19.1. The molecule has 0 saturated heterocycles. The van der Waals surface area contributed by atoms with E-state index in [2.05, 4.69) is 47.4 Å². The summed E-state index contributed by atoms with van der Waals surface area (Å²) in [4.78, 5) is 15.9. The number of rotatable bonds is 6. The monoisotopic (exact) mass is 487 g/mol. The Morgan fingerprint density at radius 1 is 1.07 bits per heavy atom. The third-order valence-electron chi connectivity index (χ3n) is 3.52. The summed E-state index contributed by atoms with van der Waals surface area (Å²) < 4.78 is 7.46. The molecule has 1 heterocycles. The number of hydrogen-bond donors (Lipinski definition) is 1. The summed E-state index contributed by atoms with van der Waals surface area (Å²) in [5.41, 5.74) is 4.64. The molecule has 1 amide bonds. The van der Waals surface area contributed by atoms with E-state index in [1.165, 1.54) is 0 Å². The molecule has 136 valence electrons. The average Bonchev–Trinajstić information content (AvgIpc) is 2.69. The molecule has 0 aliphatic rings. The molecule has 0 atom stereocenters. The van der Waals surface area contributed by atoms with Gasteiger partial charge in [-0.05, 0) is 67.3 Å². The van der Waals surface area contributed by atoms with Crippen molar-refractivity contribution in [3.05, 3.63) is 92.6 Å². The highest BCUT2D eigenvalue weighted by molar-refractivity contribution is 9.11. The van der Waals surface area contributed by atoms with Crippen LogP contribution in [0.2, 0.25) is 0 Å². The Balaban J connectivity index is 1.64. The van der Waals surface area contributed by atoms with Crippen molar-refractivity contribution < 1.29 is 9.53 Å². The van der Waals surface area contributed by atoms with Crippen LogP contribution in [-0.4, -0.2) is 17.1 Å². The number of ether oxygens (including phenoxy) is 1. The lowest BCUT2D eigenvalue weighted by molar-refractivity contribution is 0.0950. The summed E-state index contributed by atoms with van der Waals surface area (Å²) in [7, 11) is 0. The Bertz CT molecular complexity index is 925. The second kappa shape index (κ2) is 9.43. The highest BCUT2D eigenvalue weighted by Crippen LogP contribution is 2.35. The lowest BCUT2D eigenvalue weighted by Crippen LogP contribution is -2.18. The molecule has 5 nitrogen and oxygen atoms in total. The van der Waals surface area contributed by atoms with Gasteiger partial charge in [0, 0.05) is 6.20 Å². The van der Waals surface area contributed by atoms with E-state index < -0.39 is 0 Å². The molecular weight excluding hydrogens is 474 g/mol. The van der Waals surface area contributed by atoms with Gasteiger partial charge in [-0.2, -0.15) is 5.10 Å². The molecular formula is C20H15Br2N3O2. The van der Waals surface area contributed by atoms with Gasteiger partial charge in [0.05, 0.1) is 15.2 Å². The predicted molar refractivity (Wildman–Crippen MR) is 112 cm³/mol. The average molecular weight is 489 g/mol. The Hall–Kier alpha value is -2.51. The Labute approximate surface area is 173 Å². The first-order valence-electron chi connectivity index (χ1n) is 8.03. The molecule has 1 aromatic heterocycles. The van der Waals surface area contributed by atoms with Gasteiger partial charge in [0.25, 0.3) is 5.91 Å². The van der Waals surface area contributed by atoms with Gasteiger partial charge in [0.2, 0.25) is 0 Å². The van der Waals surface area contributed by atoms with Crippen LogP contribution in [0, 0.1) is 0 Å². The standard InChI is InChI=1S/C20H15Br2N3O2/c21-16-10-15(12-24-25-20(26)18-8-4-5-9-23-18)11-17(22)19(16)27-13-14-6-2-1-3-7-14/h1-12H,13H2,(H,25,26)/b24-12-. The zero-order valence-corrected chi connectivity index (χ0v) is 17.3. The second-order valence-electron chi connectivity index (χ2n) is 5.50. The van der Waals surface area contributed by atoms with Crippen LogP contribution in [0.15, 0.2) is 80.9 Å². The fourth-order valence-corrected chi connectivity index (χ4v) is 3.69. The predicted octanol–water partition coefficient (Wildman–Crippen LogP) is 4.95. The van der Waals surface area contributed by atoms with Crippen molar-refractivity contribution in [3.63, 3.8) is 0 Å². The number of halogens is 2. The van der Waals surface area contributed by atoms with Crippen molar-refractivity contribution in [2.45, 2.75) is 6.61 Å². The number of amides is 1. The summed E-state index contributed by atoms with van der Waals surface area (Å²) in [6.45, 7) is 0.464. The van der Waals surface area contributed by atoms with Gasteiger partial charge in [-0.15, -0.1) is 0 Å². The molecule has 0 fully saturated rings. The lowest BCUT2D eigenvalue weighted by Gasteiger charge is -2.11. The van der Waals surface area contributed by atoms with Crippen LogP contribution in [0.3, 0.4) is 0 Å². The van der Waals surface area contributed by atoms with E-state index in [4.69, 9.17) is 4.74 Å². The summed E-state index contributed by atoms with van der Waals surface area (Å²) >= 11 is 7.03. The van der Waals surface area contributed by atoms with Gasteiger partial charge < -0.3 is 4.74 Å². The zero-order valence-electron chi connectivity index (χ0n) is 14.1. The molecule has 3 rings (SSSR count). The first-order valence-corrected chi connectivity index (χ1v) is 9.62. The maximum atomic E-state index is 11.9. The van der Waals surface area contributed by atoms with Gasteiger partial charge >= 0.3 is 0 Å². The molecule has 0 radical (unpaired) electrons. The first kappa shape index (κ1) is 19.3. The van der Waals surface area contributed by atoms with Crippen LogP contribution in [0.4, 0.5) is 0 Å². The van der Waals surface area contributed by atoms with Crippen LogP contribution >= 0.6 is 31.9 Å². The Kier molecular flexibility index (Phi) is 6.73. The maximum Gasteiger partial charge on any atom is 0.289 e. The molecule has 27 heavy (non-hydrogen) atoms. The van der Waals surface area contributed by atoms with E-state index in [1.54, 1.807) is 30.6 Å². The minimum Gasteiger partial charge on any atom is -0.487 e. The fraction of sp³-hybridized carbons (Fsp3) is 0.0500. The summed E-state index contributed by atoms with van der Waals surface area (Å²) in [6, 6.07) is 18.8. The number of carbonyl (C=O) groups excluding carboxylic acids is 1. The molecule has 0 bridgehead atoms. The molecule has 0 saturated carbocycles. The number of carbonyl (C=O) groups is 1. The fourth-order valence-electron chi connectivity index (χ4n) is 2.24. The topological polar surface area (TPSA) is 63.6 Å². The van der Waals surface area contributed by atoms with Crippen molar-refractivity contribution in [2.75, 3.05) is 0 Å². The van der Waals surface area contributed by atoms with Gasteiger partial charge in [-0.25, -0.2) is 5.43 Å². The van der Waals surface area contributed by atoms with Crippen LogP contribution in [0.25, 0.3) is 0 Å². The first-order chi connectivity index (χ1) is 13.1. The number of hydrazone groups is 1. The maximum absolute atomic E-state index is 11.9. The summed E-state index contributed by atoms with van der Waals surface area (Å²) in [5.74, 6) is 0.335. The smallest absolute Gasteiger partial charge is 0.289 e. The number of nitrogens with one attached hydrogen (secondary N) is 1. The van der Waals surface area contributed by atoms with E-state index in [9.17, 15) is 4.79 Å². The van der Waals surface area contributed by atoms with E-state index >= 15 is 0 Å². The van der Waals surface area contributed by atoms with Gasteiger partial charge in [0.15, 0.2) is 0 Å². The van der Waals surface area contributed by atoms with Crippen molar-refractivity contribution in [2.24, 2.45) is 5.10 Å². The molecule has 7 heteroatoms. The Morgan fingerprint density at radius 3 is 2.44 bits per heavy atom. The van der Waals surface area contributed by atoms with Gasteiger partial charge in [-0.1, -0.05) is 36.4 Å². The second-order valence-corrected chi connectivity index (χ2v) is 7.21. The largest absolute Gasteiger partial charge is 0.487 e. The minimum atomic E-state index is -0.368. The molecule has 0 aliphatic carbocycles. The number of hydrogen-bond acceptors (Lipinski definition) is 4. The van der Waals surface area contributed by atoms with Crippen LogP contribution in [0.5, 0.6) is 5.75 Å². The third-order valence-corrected chi connectivity index (χ3v) is 4.70. The summed E-state index contributed by atoms with van der Waals surface area (Å²) in [6.07, 6.45) is 3.11. The van der Waals surface area contributed by atoms with Gasteiger partial charge in [0.1, 0.15) is 18.1 Å². The van der Waals surface area contributed by atoms with E-state index in [-0.39, 0.29) is 5.91 Å². The van der Waals surface area contributed by atoms with Gasteiger partial charge in [-0.3, -0.25) is 9.78 Å². The molecule has 3 aromatic rings. The molecule has 1 N–H and O–H groups in total. The molecule has 0 aliphatic heterocycles. The molecule has 0 unspecified atom stereocenters. The SMILES string of the molecule is O=C(N/N=C\c1cc(Br)c(OCc2ccccc2)c(Br)c1)c1ccccn1. The van der Waals surface area contributed by atoms with Crippen LogP contribution < -0.4 is 10.2 Å². The highest BCUT2D eigenvalue weighted by Gasteiger charge is 2.09. The normalized spacial score (nSPS) is 10.7. The minimum absolute atomic E-state index is 0.307. The molecule has 0 spiro atoms. The van der Waals surface area contributed by atoms with E-state index in [0.717, 1.165) is 20.1 Å². The van der Waals surface area contributed by atoms with Crippen molar-refractivity contribution in [1.29, 1.82) is 0 Å². The molecule has 2 aromatic carbocycles. The Morgan fingerprint density at radius 2 is 1.78 bits per heavy atom. The summed E-state index contributed by atoms with van der Waals surface area (Å²) in [5, 5.41) is 3.98. The van der Waals surface area contributed by atoms with Crippen LogP contribution in [-0.2, 0) is 6.61 Å². The van der Waals surface area contributed by atoms with Crippen molar-refractivity contribution in [1.82, 2.24) is 10.4 Å².